The molecule has 1 aromatic rings. The number of aliphatic hydroxyl groups excluding tert-OH is 1. The molecule has 1 fully saturated rings. The topological polar surface area (TPSA) is 85.2 Å². The van der Waals surface area contributed by atoms with Gasteiger partial charge in [-0.15, -0.1) is 0 Å². The summed E-state index contributed by atoms with van der Waals surface area (Å²) in [5.74, 6) is 2.22. The largest absolute Gasteiger partial charge is 0.394 e. The minimum absolute atomic E-state index is 0.164. The maximum absolute atomic E-state index is 8.90. The third-order valence-corrected chi connectivity index (χ3v) is 3.27. The lowest BCUT2D eigenvalue weighted by Gasteiger charge is -2.23. The van der Waals surface area contributed by atoms with Crippen LogP contribution in [0.2, 0.25) is 0 Å². The fraction of sp³-hybridized carbons (Fsp3) is 0.818. The van der Waals surface area contributed by atoms with Gasteiger partial charge in [0.05, 0.1) is 6.61 Å². The van der Waals surface area contributed by atoms with Crippen LogP contribution in [-0.2, 0) is 0 Å². The number of aromatic nitrogens is 2. The molecule has 1 aliphatic rings. The van der Waals surface area contributed by atoms with Crippen LogP contribution in [0.15, 0.2) is 4.52 Å². The van der Waals surface area contributed by atoms with Crippen LogP contribution < -0.4 is 5.73 Å². The summed E-state index contributed by atoms with van der Waals surface area (Å²) < 4.78 is 5.06. The molecule has 1 heterocycles. The van der Waals surface area contributed by atoms with Crippen molar-refractivity contribution in [1.29, 1.82) is 0 Å². The highest BCUT2D eigenvalue weighted by Crippen LogP contribution is 2.34. The zero-order valence-corrected chi connectivity index (χ0v) is 9.59. The van der Waals surface area contributed by atoms with Crippen molar-refractivity contribution in [3.63, 3.8) is 0 Å². The number of aliphatic hydroxyl groups is 1. The van der Waals surface area contributed by atoms with Crippen molar-refractivity contribution in [2.75, 3.05) is 6.61 Å². The van der Waals surface area contributed by atoms with E-state index in [0.29, 0.717) is 11.8 Å². The summed E-state index contributed by atoms with van der Waals surface area (Å²) in [4.78, 5) is 4.28. The lowest BCUT2D eigenvalue weighted by Crippen LogP contribution is -2.16. The van der Waals surface area contributed by atoms with Crippen LogP contribution in [0.25, 0.3) is 0 Å². The van der Waals surface area contributed by atoms with Crippen LogP contribution in [0.1, 0.15) is 56.3 Å². The first-order valence-electron chi connectivity index (χ1n) is 5.90. The molecule has 3 unspecified atom stereocenters. The van der Waals surface area contributed by atoms with Crippen molar-refractivity contribution >= 4 is 0 Å². The fourth-order valence-electron chi connectivity index (χ4n) is 2.31. The van der Waals surface area contributed by atoms with E-state index in [9.17, 15) is 0 Å². The Morgan fingerprint density at radius 1 is 1.56 bits per heavy atom. The lowest BCUT2D eigenvalue weighted by atomic mass is 9.82. The minimum Gasteiger partial charge on any atom is -0.394 e. The lowest BCUT2D eigenvalue weighted by molar-refractivity contribution is 0.236. The van der Waals surface area contributed by atoms with Crippen LogP contribution in [0, 0.1) is 5.92 Å². The van der Waals surface area contributed by atoms with Crippen molar-refractivity contribution < 1.29 is 9.63 Å². The molecule has 1 aromatic heterocycles. The van der Waals surface area contributed by atoms with E-state index in [2.05, 4.69) is 17.1 Å². The van der Waals surface area contributed by atoms with E-state index in [-0.39, 0.29) is 6.61 Å². The average Bonchev–Trinajstić information content (AvgIpc) is 2.77. The highest BCUT2D eigenvalue weighted by Gasteiger charge is 2.25. The summed E-state index contributed by atoms with van der Waals surface area (Å²) in [6, 6.07) is -0.553. The first-order valence-corrected chi connectivity index (χ1v) is 5.90. The third-order valence-electron chi connectivity index (χ3n) is 3.27. The number of nitrogens with zero attached hydrogens (tertiary/aromatic N) is 2. The van der Waals surface area contributed by atoms with Gasteiger partial charge in [0.15, 0.2) is 5.82 Å². The summed E-state index contributed by atoms with van der Waals surface area (Å²) in [6.45, 7) is 2.09. The predicted octanol–water partition coefficient (Wildman–Crippen LogP) is 1.36. The van der Waals surface area contributed by atoms with E-state index in [1.807, 2.05) is 0 Å². The van der Waals surface area contributed by atoms with Crippen LogP contribution in [0.3, 0.4) is 0 Å². The molecular formula is C11H19N3O2. The summed E-state index contributed by atoms with van der Waals surface area (Å²) >= 11 is 0. The van der Waals surface area contributed by atoms with Crippen LogP contribution in [-0.4, -0.2) is 21.9 Å². The van der Waals surface area contributed by atoms with Gasteiger partial charge >= 0.3 is 0 Å². The second-order valence-electron chi connectivity index (χ2n) is 4.75. The van der Waals surface area contributed by atoms with Gasteiger partial charge in [0.2, 0.25) is 5.89 Å². The van der Waals surface area contributed by atoms with E-state index in [0.717, 1.165) is 24.6 Å². The number of hydrogen-bond acceptors (Lipinski definition) is 5. The van der Waals surface area contributed by atoms with E-state index < -0.39 is 6.04 Å². The molecule has 3 atom stereocenters. The first kappa shape index (κ1) is 11.5. The predicted molar refractivity (Wildman–Crippen MR) is 58.7 cm³/mol. The van der Waals surface area contributed by atoms with Gasteiger partial charge in [0.1, 0.15) is 6.04 Å². The Labute approximate surface area is 95.0 Å². The van der Waals surface area contributed by atoms with E-state index in [1.165, 1.54) is 12.8 Å². The summed E-state index contributed by atoms with van der Waals surface area (Å²) in [5, 5.41) is 12.9. The Kier molecular flexibility index (Phi) is 3.56. The Morgan fingerprint density at radius 2 is 2.38 bits per heavy atom. The van der Waals surface area contributed by atoms with Crippen LogP contribution >= 0.6 is 0 Å². The van der Waals surface area contributed by atoms with Crippen molar-refractivity contribution in [1.82, 2.24) is 10.1 Å². The molecule has 5 heteroatoms. The standard InChI is InChI=1S/C11H19N3O2/c1-7-3-2-4-8(5-7)10-13-11(16-14-10)9(12)6-15/h7-9,15H,2-6,12H2,1H3. The van der Waals surface area contributed by atoms with Gasteiger partial charge in [0, 0.05) is 5.92 Å². The summed E-state index contributed by atoms with van der Waals surface area (Å²) in [7, 11) is 0. The van der Waals surface area contributed by atoms with Gasteiger partial charge < -0.3 is 15.4 Å². The molecule has 5 nitrogen and oxygen atoms in total. The molecule has 2 rings (SSSR count). The molecule has 1 saturated carbocycles. The molecule has 90 valence electrons. The molecule has 0 amide bonds. The monoisotopic (exact) mass is 225 g/mol. The normalized spacial score (nSPS) is 27.9. The van der Waals surface area contributed by atoms with Crippen molar-refractivity contribution in [3.05, 3.63) is 11.7 Å². The second kappa shape index (κ2) is 4.93. The van der Waals surface area contributed by atoms with Crippen LogP contribution in [0.5, 0.6) is 0 Å². The molecule has 0 radical (unpaired) electrons. The maximum Gasteiger partial charge on any atom is 0.245 e. The van der Waals surface area contributed by atoms with Gasteiger partial charge in [-0.3, -0.25) is 0 Å². The maximum atomic E-state index is 8.90. The van der Waals surface area contributed by atoms with Gasteiger partial charge in [0.25, 0.3) is 0 Å². The van der Waals surface area contributed by atoms with Gasteiger partial charge in [-0.2, -0.15) is 4.98 Å². The fourth-order valence-corrected chi connectivity index (χ4v) is 2.31. The van der Waals surface area contributed by atoms with Gasteiger partial charge in [-0.1, -0.05) is 24.9 Å². The molecule has 0 spiro atoms. The Morgan fingerprint density at radius 3 is 3.06 bits per heavy atom. The molecule has 0 bridgehead atoms. The van der Waals surface area contributed by atoms with Crippen molar-refractivity contribution in [2.24, 2.45) is 11.7 Å². The highest BCUT2D eigenvalue weighted by molar-refractivity contribution is 4.99. The molecule has 0 saturated heterocycles. The summed E-state index contributed by atoms with van der Waals surface area (Å²) in [5.41, 5.74) is 5.62. The van der Waals surface area contributed by atoms with Crippen molar-refractivity contribution in [3.8, 4) is 0 Å². The number of nitrogens with two attached hydrogens (primary N) is 1. The van der Waals surface area contributed by atoms with Gasteiger partial charge in [-0.25, -0.2) is 0 Å². The molecule has 0 aliphatic heterocycles. The van der Waals surface area contributed by atoms with Crippen LogP contribution in [0.4, 0.5) is 0 Å². The van der Waals surface area contributed by atoms with E-state index >= 15 is 0 Å². The Balaban J connectivity index is 2.06. The average molecular weight is 225 g/mol. The smallest absolute Gasteiger partial charge is 0.245 e. The number of rotatable bonds is 3. The third kappa shape index (κ3) is 2.41. The van der Waals surface area contributed by atoms with E-state index in [1.54, 1.807) is 0 Å². The molecule has 3 N–H and O–H groups in total. The first-order chi connectivity index (χ1) is 7.70. The zero-order chi connectivity index (χ0) is 11.5. The Hall–Kier alpha value is -0.940. The molecule has 1 aliphatic carbocycles. The minimum atomic E-state index is -0.553. The number of hydrogen-bond donors (Lipinski definition) is 2. The SMILES string of the molecule is CC1CCCC(c2noc(C(N)CO)n2)C1. The van der Waals surface area contributed by atoms with Gasteiger partial charge in [-0.05, 0) is 18.8 Å². The highest BCUT2D eigenvalue weighted by atomic mass is 16.5. The summed E-state index contributed by atoms with van der Waals surface area (Å²) in [6.07, 6.45) is 4.75. The van der Waals surface area contributed by atoms with Crippen molar-refractivity contribution in [2.45, 2.75) is 44.6 Å². The molecule has 16 heavy (non-hydrogen) atoms. The Bertz CT molecular complexity index is 340. The zero-order valence-electron chi connectivity index (χ0n) is 9.59. The molecule has 0 aromatic carbocycles. The second-order valence-corrected chi connectivity index (χ2v) is 4.75. The quantitative estimate of drug-likeness (QED) is 0.811. The molecular weight excluding hydrogens is 206 g/mol. The van der Waals surface area contributed by atoms with E-state index in [4.69, 9.17) is 15.4 Å².